The van der Waals surface area contributed by atoms with Crippen LogP contribution in [0.5, 0.6) is 0 Å². The van der Waals surface area contributed by atoms with Gasteiger partial charge in [-0.15, -0.1) is 0 Å². The first kappa shape index (κ1) is 19.4. The van der Waals surface area contributed by atoms with Crippen LogP contribution in [0.1, 0.15) is 43.6 Å². The molecular formula is C18H16N4O5. The van der Waals surface area contributed by atoms with E-state index in [9.17, 15) is 14.4 Å². The molecule has 0 radical (unpaired) electrons. The van der Waals surface area contributed by atoms with E-state index in [0.717, 1.165) is 17.5 Å². The van der Waals surface area contributed by atoms with E-state index in [0.29, 0.717) is 5.56 Å². The summed E-state index contributed by atoms with van der Waals surface area (Å²) < 4.78 is 0. The van der Waals surface area contributed by atoms with Crippen LogP contribution in [0.25, 0.3) is 11.4 Å². The molecule has 0 saturated carbocycles. The maximum Gasteiger partial charge on any atom is 0.336 e. The summed E-state index contributed by atoms with van der Waals surface area (Å²) in [4.78, 5) is 40.9. The second kappa shape index (κ2) is 8.48. The van der Waals surface area contributed by atoms with E-state index in [-0.39, 0.29) is 16.7 Å². The lowest BCUT2D eigenvalue weighted by Gasteiger charge is -2.08. The van der Waals surface area contributed by atoms with Crippen molar-refractivity contribution in [1.29, 1.82) is 0 Å². The summed E-state index contributed by atoms with van der Waals surface area (Å²) in [7, 11) is 0. The van der Waals surface area contributed by atoms with Crippen LogP contribution < -0.4 is 0 Å². The number of Topliss-reactive ketones (excluding diaryl/α,β-unsaturated/α-hetero) is 1. The smallest absolute Gasteiger partial charge is 0.336 e. The number of nitrogens with one attached hydrogen (secondary N) is 1. The first-order valence-corrected chi connectivity index (χ1v) is 7.69. The number of hydrogen-bond acceptors (Lipinski definition) is 6. The number of ketones is 1. The zero-order chi connectivity index (χ0) is 20.0. The number of aromatic nitrogens is 4. The minimum atomic E-state index is -1.31. The third-order valence-electron chi connectivity index (χ3n) is 3.49. The number of nitrogens with zero attached hydrogens (tertiary/aromatic N) is 3. The highest BCUT2D eigenvalue weighted by atomic mass is 16.4. The first-order valence-electron chi connectivity index (χ1n) is 7.69. The molecule has 1 aromatic carbocycles. The number of carbonyl (C=O) groups excluding carboxylic acids is 1. The summed E-state index contributed by atoms with van der Waals surface area (Å²) in [5.41, 5.74) is 1.60. The summed E-state index contributed by atoms with van der Waals surface area (Å²) in [6.07, 6.45) is 6.71. The zero-order valence-corrected chi connectivity index (χ0v) is 14.5. The summed E-state index contributed by atoms with van der Waals surface area (Å²) in [5.74, 6) is -2.93. The summed E-state index contributed by atoms with van der Waals surface area (Å²) in [6.45, 7) is 2.75. The van der Waals surface area contributed by atoms with Gasteiger partial charge in [-0.3, -0.25) is 19.9 Å². The number of carboxylic acid groups (broad SMARTS) is 2. The van der Waals surface area contributed by atoms with Gasteiger partial charge in [0, 0.05) is 24.2 Å². The molecule has 0 spiro atoms. The fourth-order valence-corrected chi connectivity index (χ4v) is 2.38. The summed E-state index contributed by atoms with van der Waals surface area (Å²) >= 11 is 0. The zero-order valence-electron chi connectivity index (χ0n) is 14.5. The molecule has 0 aliphatic heterocycles. The highest BCUT2D eigenvalue weighted by Gasteiger charge is 2.19. The van der Waals surface area contributed by atoms with Crippen LogP contribution in [-0.4, -0.2) is 48.1 Å². The van der Waals surface area contributed by atoms with E-state index in [1.165, 1.54) is 19.9 Å². The predicted octanol–water partition coefficient (Wildman–Crippen LogP) is 2.46. The normalized spacial score (nSPS) is 9.85. The predicted molar refractivity (Wildman–Crippen MR) is 94.7 cm³/mol. The Morgan fingerprint density at radius 1 is 1.04 bits per heavy atom. The lowest BCUT2D eigenvalue weighted by Crippen LogP contribution is -2.11. The van der Waals surface area contributed by atoms with Crippen LogP contribution in [0.2, 0.25) is 0 Å². The van der Waals surface area contributed by atoms with E-state index in [1.54, 1.807) is 24.8 Å². The highest BCUT2D eigenvalue weighted by molar-refractivity contribution is 6.07. The quantitative estimate of drug-likeness (QED) is 0.595. The molecule has 9 nitrogen and oxygen atoms in total. The van der Waals surface area contributed by atoms with Crippen LogP contribution in [0.3, 0.4) is 0 Å². The fourth-order valence-electron chi connectivity index (χ4n) is 2.38. The number of benzene rings is 1. The van der Waals surface area contributed by atoms with E-state index < -0.39 is 17.7 Å². The van der Waals surface area contributed by atoms with Crippen molar-refractivity contribution in [2.45, 2.75) is 13.8 Å². The van der Waals surface area contributed by atoms with Gasteiger partial charge in [0.05, 0.1) is 17.3 Å². The van der Waals surface area contributed by atoms with Crippen LogP contribution in [0, 0.1) is 6.92 Å². The van der Waals surface area contributed by atoms with Crippen molar-refractivity contribution in [3.63, 3.8) is 0 Å². The molecule has 0 amide bonds. The highest BCUT2D eigenvalue weighted by Crippen LogP contribution is 2.18. The van der Waals surface area contributed by atoms with Crippen molar-refractivity contribution in [3.8, 4) is 11.4 Å². The van der Waals surface area contributed by atoms with Crippen molar-refractivity contribution in [1.82, 2.24) is 20.2 Å². The molecule has 0 aliphatic carbocycles. The Morgan fingerprint density at radius 2 is 1.78 bits per heavy atom. The van der Waals surface area contributed by atoms with Crippen molar-refractivity contribution >= 4 is 17.7 Å². The van der Waals surface area contributed by atoms with Gasteiger partial charge < -0.3 is 10.2 Å². The molecule has 3 N–H and O–H groups in total. The molecule has 0 fully saturated rings. The van der Waals surface area contributed by atoms with E-state index in [4.69, 9.17) is 10.2 Å². The molecule has 3 rings (SSSR count). The molecular weight excluding hydrogens is 352 g/mol. The number of H-pyrrole nitrogens is 1. The van der Waals surface area contributed by atoms with Gasteiger partial charge in [0.2, 0.25) is 0 Å². The van der Waals surface area contributed by atoms with E-state index in [2.05, 4.69) is 20.2 Å². The lowest BCUT2D eigenvalue weighted by molar-refractivity contribution is 0.0692. The minimum Gasteiger partial charge on any atom is -0.478 e. The monoisotopic (exact) mass is 368 g/mol. The Bertz CT molecular complexity index is 969. The molecule has 2 aromatic heterocycles. The molecule has 27 heavy (non-hydrogen) atoms. The number of aromatic amines is 1. The number of hydrogen-bond donors (Lipinski definition) is 3. The SMILES string of the molecule is CC(=O)c1c(C)cc(C(=O)O)cc1C(=O)O.c1cnc(-c2cc[nH]n2)cn1. The van der Waals surface area contributed by atoms with Crippen LogP contribution in [0.4, 0.5) is 0 Å². The van der Waals surface area contributed by atoms with Gasteiger partial charge in [0.1, 0.15) is 11.4 Å². The fraction of sp³-hybridized carbons (Fsp3) is 0.111. The van der Waals surface area contributed by atoms with E-state index >= 15 is 0 Å². The molecule has 0 saturated heterocycles. The Kier molecular flexibility index (Phi) is 6.10. The van der Waals surface area contributed by atoms with Crippen molar-refractivity contribution in [3.05, 3.63) is 65.2 Å². The van der Waals surface area contributed by atoms with Gasteiger partial charge >= 0.3 is 11.9 Å². The molecule has 138 valence electrons. The van der Waals surface area contributed by atoms with Crippen molar-refractivity contribution < 1.29 is 24.6 Å². The van der Waals surface area contributed by atoms with Crippen LogP contribution in [0.15, 0.2) is 43.0 Å². The average molecular weight is 368 g/mol. The average Bonchev–Trinajstić information content (AvgIpc) is 3.16. The molecule has 2 heterocycles. The maximum atomic E-state index is 11.3. The van der Waals surface area contributed by atoms with Gasteiger partial charge in [-0.1, -0.05) is 0 Å². The van der Waals surface area contributed by atoms with Crippen LogP contribution >= 0.6 is 0 Å². The molecule has 0 unspecified atom stereocenters. The topological polar surface area (TPSA) is 146 Å². The first-order chi connectivity index (χ1) is 12.8. The maximum absolute atomic E-state index is 11.3. The molecule has 3 aromatic rings. The summed E-state index contributed by atoms with van der Waals surface area (Å²) in [5, 5.41) is 24.3. The summed E-state index contributed by atoms with van der Waals surface area (Å²) in [6, 6.07) is 4.13. The third-order valence-corrected chi connectivity index (χ3v) is 3.49. The second-order valence-corrected chi connectivity index (χ2v) is 5.43. The second-order valence-electron chi connectivity index (χ2n) is 5.43. The van der Waals surface area contributed by atoms with E-state index in [1.807, 2.05) is 6.07 Å². The Labute approximate surface area is 153 Å². The van der Waals surface area contributed by atoms with Crippen molar-refractivity contribution in [2.24, 2.45) is 0 Å². The Balaban J connectivity index is 0.000000206. The molecule has 0 aliphatic rings. The molecule has 9 heteroatoms. The number of rotatable bonds is 4. The largest absolute Gasteiger partial charge is 0.478 e. The standard InChI is InChI=1S/C11H10O5.C7H6N4/c1-5-3-7(10(13)14)4-8(11(15)16)9(5)6(2)12;1-2-10-11-6(1)7-5-8-3-4-9-7/h3-4H,1-2H3,(H,13,14)(H,15,16);1-5H,(H,10,11). The number of carbonyl (C=O) groups is 3. The van der Waals surface area contributed by atoms with Gasteiger partial charge in [-0.2, -0.15) is 5.10 Å². The number of carboxylic acids is 2. The van der Waals surface area contributed by atoms with Gasteiger partial charge in [0.25, 0.3) is 0 Å². The Morgan fingerprint density at radius 3 is 2.26 bits per heavy atom. The third kappa shape index (κ3) is 4.82. The number of aromatic carboxylic acids is 2. The molecule has 0 atom stereocenters. The van der Waals surface area contributed by atoms with Gasteiger partial charge in [0.15, 0.2) is 5.78 Å². The van der Waals surface area contributed by atoms with Crippen LogP contribution in [-0.2, 0) is 0 Å². The van der Waals surface area contributed by atoms with Crippen molar-refractivity contribution in [2.75, 3.05) is 0 Å². The van der Waals surface area contributed by atoms with Gasteiger partial charge in [-0.05, 0) is 37.6 Å². The minimum absolute atomic E-state index is 0.0532. The molecule has 0 bridgehead atoms. The van der Waals surface area contributed by atoms with Gasteiger partial charge in [-0.25, -0.2) is 9.59 Å². The Hall–Kier alpha value is -3.88. The lowest BCUT2D eigenvalue weighted by atomic mass is 9.96. The number of aryl methyl sites for hydroxylation is 1.